The summed E-state index contributed by atoms with van der Waals surface area (Å²) in [4.78, 5) is 1.23. The van der Waals surface area contributed by atoms with Crippen molar-refractivity contribution in [2.24, 2.45) is 5.73 Å². The predicted molar refractivity (Wildman–Crippen MR) is 62.1 cm³/mol. The highest BCUT2D eigenvalue weighted by Crippen LogP contribution is 2.31. The van der Waals surface area contributed by atoms with Crippen LogP contribution < -0.4 is 10.5 Å². The van der Waals surface area contributed by atoms with Crippen molar-refractivity contribution in [2.75, 3.05) is 13.4 Å². The van der Waals surface area contributed by atoms with Crippen LogP contribution in [0.15, 0.2) is 17.0 Å². The maximum atomic E-state index is 5.89. The topological polar surface area (TPSA) is 35.2 Å². The summed E-state index contributed by atoms with van der Waals surface area (Å²) in [5.74, 6) is 0.912. The van der Waals surface area contributed by atoms with Crippen molar-refractivity contribution in [1.82, 2.24) is 0 Å². The third kappa shape index (κ3) is 2.22. The number of ether oxygens (including phenoxy) is 1. The van der Waals surface area contributed by atoms with Crippen LogP contribution in [0.5, 0.6) is 5.75 Å². The lowest BCUT2D eigenvalue weighted by Crippen LogP contribution is -2.07. The van der Waals surface area contributed by atoms with E-state index in [1.807, 2.05) is 19.9 Å². The fourth-order valence-corrected chi connectivity index (χ4v) is 2.20. The highest BCUT2D eigenvalue weighted by molar-refractivity contribution is 7.98. The van der Waals surface area contributed by atoms with E-state index in [-0.39, 0.29) is 6.04 Å². The number of thioether (sulfide) groups is 1. The largest absolute Gasteiger partial charge is 0.496 e. The third-order valence-electron chi connectivity index (χ3n) is 2.24. The molecular formula is C11H17NOS. The Morgan fingerprint density at radius 1 is 1.43 bits per heavy atom. The summed E-state index contributed by atoms with van der Waals surface area (Å²) in [7, 11) is 1.69. The molecule has 0 heterocycles. The Morgan fingerprint density at radius 2 is 2.07 bits per heavy atom. The van der Waals surface area contributed by atoms with Gasteiger partial charge in [-0.15, -0.1) is 11.8 Å². The van der Waals surface area contributed by atoms with Crippen LogP contribution in [0.3, 0.4) is 0 Å². The lowest BCUT2D eigenvalue weighted by molar-refractivity contribution is 0.410. The Balaban J connectivity index is 3.25. The summed E-state index contributed by atoms with van der Waals surface area (Å²) in [5.41, 5.74) is 8.20. The molecule has 78 valence electrons. The minimum atomic E-state index is 0.0481. The molecule has 0 spiro atoms. The molecule has 0 aromatic heterocycles. The molecule has 1 rings (SSSR count). The number of methoxy groups -OCH3 is 1. The Kier molecular flexibility index (Phi) is 3.84. The van der Waals surface area contributed by atoms with E-state index in [9.17, 15) is 0 Å². The zero-order chi connectivity index (χ0) is 10.7. The summed E-state index contributed by atoms with van der Waals surface area (Å²) < 4.78 is 5.27. The average Bonchev–Trinajstić information content (AvgIpc) is 2.16. The second-order valence-corrected chi connectivity index (χ2v) is 4.20. The molecule has 0 saturated heterocycles. The first-order valence-electron chi connectivity index (χ1n) is 4.58. The van der Waals surface area contributed by atoms with Crippen molar-refractivity contribution >= 4 is 11.8 Å². The summed E-state index contributed by atoms with van der Waals surface area (Å²) in [6.45, 7) is 4.04. The van der Waals surface area contributed by atoms with Crippen LogP contribution in [0.2, 0.25) is 0 Å². The predicted octanol–water partition coefficient (Wildman–Crippen LogP) is 2.75. The molecule has 2 nitrogen and oxygen atoms in total. The van der Waals surface area contributed by atoms with E-state index in [1.165, 1.54) is 4.90 Å². The number of hydrogen-bond donors (Lipinski definition) is 1. The van der Waals surface area contributed by atoms with Crippen LogP contribution in [-0.4, -0.2) is 13.4 Å². The van der Waals surface area contributed by atoms with Gasteiger partial charge in [-0.3, -0.25) is 0 Å². The monoisotopic (exact) mass is 211 g/mol. The Bertz CT molecular complexity index is 323. The average molecular weight is 211 g/mol. The molecule has 1 aromatic rings. The molecular weight excluding hydrogens is 194 g/mol. The van der Waals surface area contributed by atoms with E-state index < -0.39 is 0 Å². The highest BCUT2D eigenvalue weighted by Gasteiger charge is 2.10. The van der Waals surface area contributed by atoms with Gasteiger partial charge in [0.05, 0.1) is 7.11 Å². The SMILES string of the molecule is COc1cc(C(C)N)c(SC)cc1C. The van der Waals surface area contributed by atoms with Gasteiger partial charge in [0.2, 0.25) is 0 Å². The fraction of sp³-hybridized carbons (Fsp3) is 0.455. The zero-order valence-corrected chi connectivity index (χ0v) is 9.94. The van der Waals surface area contributed by atoms with Crippen LogP contribution in [0.1, 0.15) is 24.1 Å². The van der Waals surface area contributed by atoms with Crippen molar-refractivity contribution in [1.29, 1.82) is 0 Å². The van der Waals surface area contributed by atoms with Crippen molar-refractivity contribution in [3.05, 3.63) is 23.3 Å². The van der Waals surface area contributed by atoms with E-state index in [1.54, 1.807) is 18.9 Å². The Labute approximate surface area is 89.8 Å². The number of hydrogen-bond acceptors (Lipinski definition) is 3. The van der Waals surface area contributed by atoms with Crippen LogP contribution in [0.25, 0.3) is 0 Å². The minimum absolute atomic E-state index is 0.0481. The molecule has 0 fully saturated rings. The number of nitrogens with two attached hydrogens (primary N) is 1. The molecule has 1 aromatic carbocycles. The molecule has 0 aliphatic rings. The van der Waals surface area contributed by atoms with Crippen molar-refractivity contribution in [3.63, 3.8) is 0 Å². The Morgan fingerprint density at radius 3 is 2.50 bits per heavy atom. The quantitative estimate of drug-likeness (QED) is 0.781. The second kappa shape index (κ2) is 4.71. The summed E-state index contributed by atoms with van der Waals surface area (Å²) in [6.07, 6.45) is 2.06. The van der Waals surface area contributed by atoms with Crippen LogP contribution >= 0.6 is 11.8 Å². The van der Waals surface area contributed by atoms with E-state index >= 15 is 0 Å². The van der Waals surface area contributed by atoms with Crippen LogP contribution in [0.4, 0.5) is 0 Å². The minimum Gasteiger partial charge on any atom is -0.496 e. The van der Waals surface area contributed by atoms with Gasteiger partial charge >= 0.3 is 0 Å². The number of benzene rings is 1. The van der Waals surface area contributed by atoms with Crippen molar-refractivity contribution in [3.8, 4) is 5.75 Å². The van der Waals surface area contributed by atoms with Gasteiger partial charge < -0.3 is 10.5 Å². The van der Waals surface area contributed by atoms with Crippen LogP contribution in [-0.2, 0) is 0 Å². The van der Waals surface area contributed by atoms with Gasteiger partial charge in [-0.2, -0.15) is 0 Å². The fourth-order valence-electron chi connectivity index (χ4n) is 1.43. The number of rotatable bonds is 3. The molecule has 0 saturated carbocycles. The maximum absolute atomic E-state index is 5.89. The molecule has 3 heteroatoms. The first-order chi connectivity index (χ1) is 6.60. The molecule has 1 unspecified atom stereocenters. The first-order valence-corrected chi connectivity index (χ1v) is 5.80. The Hall–Kier alpha value is -0.670. The molecule has 0 radical (unpaired) electrons. The van der Waals surface area contributed by atoms with E-state index in [0.29, 0.717) is 0 Å². The number of aryl methyl sites for hydroxylation is 1. The lowest BCUT2D eigenvalue weighted by atomic mass is 10.1. The maximum Gasteiger partial charge on any atom is 0.122 e. The smallest absolute Gasteiger partial charge is 0.122 e. The zero-order valence-electron chi connectivity index (χ0n) is 9.13. The van der Waals surface area contributed by atoms with E-state index in [4.69, 9.17) is 10.5 Å². The molecule has 0 aliphatic heterocycles. The normalized spacial score (nSPS) is 12.6. The van der Waals surface area contributed by atoms with E-state index in [2.05, 4.69) is 12.3 Å². The summed E-state index contributed by atoms with van der Waals surface area (Å²) >= 11 is 1.72. The van der Waals surface area contributed by atoms with Crippen molar-refractivity contribution < 1.29 is 4.74 Å². The molecule has 14 heavy (non-hydrogen) atoms. The lowest BCUT2D eigenvalue weighted by Gasteiger charge is -2.14. The molecule has 2 N–H and O–H groups in total. The summed E-state index contributed by atoms with van der Waals surface area (Å²) in [5, 5.41) is 0. The van der Waals surface area contributed by atoms with Gasteiger partial charge in [-0.25, -0.2) is 0 Å². The highest BCUT2D eigenvalue weighted by atomic mass is 32.2. The summed E-state index contributed by atoms with van der Waals surface area (Å²) in [6, 6.07) is 4.21. The third-order valence-corrected chi connectivity index (χ3v) is 3.03. The van der Waals surface area contributed by atoms with Gasteiger partial charge in [0.15, 0.2) is 0 Å². The van der Waals surface area contributed by atoms with Gasteiger partial charge in [0.1, 0.15) is 5.75 Å². The van der Waals surface area contributed by atoms with Crippen molar-refractivity contribution in [2.45, 2.75) is 24.8 Å². The van der Waals surface area contributed by atoms with Gasteiger partial charge in [0.25, 0.3) is 0 Å². The standard InChI is InChI=1S/C11H17NOS/c1-7-5-11(14-4)9(8(2)12)6-10(7)13-3/h5-6,8H,12H2,1-4H3. The molecule has 0 aliphatic carbocycles. The first kappa shape index (κ1) is 11.4. The molecule has 0 bridgehead atoms. The van der Waals surface area contributed by atoms with Gasteiger partial charge in [0, 0.05) is 10.9 Å². The molecule has 0 amide bonds. The van der Waals surface area contributed by atoms with E-state index in [0.717, 1.165) is 16.9 Å². The molecule has 1 atom stereocenters. The van der Waals surface area contributed by atoms with Gasteiger partial charge in [-0.05, 0) is 43.4 Å². The van der Waals surface area contributed by atoms with Crippen LogP contribution in [0, 0.1) is 6.92 Å². The second-order valence-electron chi connectivity index (χ2n) is 3.35. The van der Waals surface area contributed by atoms with Gasteiger partial charge in [-0.1, -0.05) is 0 Å².